The Morgan fingerprint density at radius 2 is 1.79 bits per heavy atom. The summed E-state index contributed by atoms with van der Waals surface area (Å²) in [5.74, 6) is -0.512. The average Bonchev–Trinajstić information content (AvgIpc) is 3.08. The highest BCUT2D eigenvalue weighted by atomic mass is 16.2. The molecule has 28 heavy (non-hydrogen) atoms. The molecule has 140 valence electrons. The van der Waals surface area contributed by atoms with Gasteiger partial charge in [0.05, 0.1) is 0 Å². The molecule has 0 aliphatic carbocycles. The zero-order valence-electron chi connectivity index (χ0n) is 15.5. The zero-order chi connectivity index (χ0) is 19.5. The summed E-state index contributed by atoms with van der Waals surface area (Å²) in [6.07, 6.45) is 4.16. The van der Waals surface area contributed by atoms with Gasteiger partial charge in [-0.05, 0) is 54.8 Å². The molecule has 1 unspecified atom stereocenters. The quantitative estimate of drug-likeness (QED) is 0.764. The molecule has 0 bridgehead atoms. The van der Waals surface area contributed by atoms with Gasteiger partial charge in [-0.2, -0.15) is 0 Å². The lowest BCUT2D eigenvalue weighted by molar-refractivity contribution is 0.0945. The molecule has 3 aromatic rings. The SMILES string of the molecule is CC1Cc2ccccc2N1C(=O)c1cccc(C(=O)NCc2ccncc2)n1. The Hall–Kier alpha value is -3.54. The minimum Gasteiger partial charge on any atom is -0.347 e. The zero-order valence-corrected chi connectivity index (χ0v) is 15.5. The van der Waals surface area contributed by atoms with Gasteiger partial charge in [0.25, 0.3) is 11.8 Å². The van der Waals surface area contributed by atoms with Gasteiger partial charge >= 0.3 is 0 Å². The maximum Gasteiger partial charge on any atom is 0.277 e. The highest BCUT2D eigenvalue weighted by Crippen LogP contribution is 2.32. The Morgan fingerprint density at radius 1 is 1.04 bits per heavy atom. The van der Waals surface area contributed by atoms with Crippen molar-refractivity contribution in [1.82, 2.24) is 15.3 Å². The Bertz CT molecular complexity index is 1020. The molecule has 1 N–H and O–H groups in total. The van der Waals surface area contributed by atoms with Crippen molar-refractivity contribution in [3.05, 3.63) is 89.5 Å². The van der Waals surface area contributed by atoms with Crippen LogP contribution in [0.3, 0.4) is 0 Å². The van der Waals surface area contributed by atoms with Gasteiger partial charge in [0, 0.05) is 30.7 Å². The van der Waals surface area contributed by atoms with Crippen LogP contribution in [0.1, 0.15) is 39.0 Å². The van der Waals surface area contributed by atoms with Gasteiger partial charge in [-0.15, -0.1) is 0 Å². The summed E-state index contributed by atoms with van der Waals surface area (Å²) in [5, 5.41) is 2.82. The molecule has 0 saturated carbocycles. The van der Waals surface area contributed by atoms with E-state index in [2.05, 4.69) is 15.3 Å². The molecule has 6 nitrogen and oxygen atoms in total. The van der Waals surface area contributed by atoms with Crippen molar-refractivity contribution in [2.75, 3.05) is 4.90 Å². The van der Waals surface area contributed by atoms with E-state index in [1.54, 1.807) is 35.5 Å². The topological polar surface area (TPSA) is 75.2 Å². The minimum absolute atomic E-state index is 0.0517. The lowest BCUT2D eigenvalue weighted by Crippen LogP contribution is -2.36. The second-order valence-corrected chi connectivity index (χ2v) is 6.80. The van der Waals surface area contributed by atoms with Gasteiger partial charge < -0.3 is 10.2 Å². The molecule has 0 radical (unpaired) electrons. The van der Waals surface area contributed by atoms with Crippen molar-refractivity contribution in [3.8, 4) is 0 Å². The highest BCUT2D eigenvalue weighted by molar-refractivity contribution is 6.07. The van der Waals surface area contributed by atoms with Crippen LogP contribution in [-0.4, -0.2) is 27.8 Å². The first-order valence-corrected chi connectivity index (χ1v) is 9.19. The molecule has 0 fully saturated rings. The third-order valence-electron chi connectivity index (χ3n) is 4.83. The summed E-state index contributed by atoms with van der Waals surface area (Å²) in [7, 11) is 0. The number of carbonyl (C=O) groups is 2. The average molecular weight is 372 g/mol. The predicted molar refractivity (Wildman–Crippen MR) is 106 cm³/mol. The van der Waals surface area contributed by atoms with E-state index < -0.39 is 0 Å². The second-order valence-electron chi connectivity index (χ2n) is 6.80. The number of fused-ring (bicyclic) bond motifs is 1. The van der Waals surface area contributed by atoms with Crippen LogP contribution in [0.2, 0.25) is 0 Å². The number of nitrogens with zero attached hydrogens (tertiary/aromatic N) is 3. The fourth-order valence-electron chi connectivity index (χ4n) is 3.45. The van der Waals surface area contributed by atoms with Crippen LogP contribution in [0.25, 0.3) is 0 Å². The van der Waals surface area contributed by atoms with Gasteiger partial charge in [0.2, 0.25) is 0 Å². The molecular formula is C22H20N4O2. The molecular weight excluding hydrogens is 352 g/mol. The van der Waals surface area contributed by atoms with Crippen LogP contribution in [0.4, 0.5) is 5.69 Å². The number of amides is 2. The van der Waals surface area contributed by atoms with Crippen LogP contribution in [0.5, 0.6) is 0 Å². The molecule has 6 heteroatoms. The van der Waals surface area contributed by atoms with E-state index in [1.807, 2.05) is 43.3 Å². The van der Waals surface area contributed by atoms with E-state index >= 15 is 0 Å². The number of anilines is 1. The summed E-state index contributed by atoms with van der Waals surface area (Å²) < 4.78 is 0. The number of aromatic nitrogens is 2. The number of carbonyl (C=O) groups excluding carboxylic acids is 2. The number of rotatable bonds is 4. The smallest absolute Gasteiger partial charge is 0.277 e. The first kappa shape index (κ1) is 17.9. The molecule has 0 spiro atoms. The van der Waals surface area contributed by atoms with E-state index in [0.717, 1.165) is 23.2 Å². The number of hydrogen-bond donors (Lipinski definition) is 1. The fourth-order valence-corrected chi connectivity index (χ4v) is 3.45. The van der Waals surface area contributed by atoms with Crippen molar-refractivity contribution in [2.24, 2.45) is 0 Å². The molecule has 2 amide bonds. The normalized spacial score (nSPS) is 15.2. The fraction of sp³-hybridized carbons (Fsp3) is 0.182. The summed E-state index contributed by atoms with van der Waals surface area (Å²) >= 11 is 0. The number of para-hydroxylation sites is 1. The highest BCUT2D eigenvalue weighted by Gasteiger charge is 2.32. The Kier molecular flexibility index (Phi) is 4.85. The maximum absolute atomic E-state index is 13.1. The van der Waals surface area contributed by atoms with E-state index in [9.17, 15) is 9.59 Å². The third-order valence-corrected chi connectivity index (χ3v) is 4.83. The van der Waals surface area contributed by atoms with Crippen LogP contribution in [-0.2, 0) is 13.0 Å². The largest absolute Gasteiger partial charge is 0.347 e. The predicted octanol–water partition coefficient (Wildman–Crippen LogP) is 3.00. The summed E-state index contributed by atoms with van der Waals surface area (Å²) in [4.78, 5) is 35.6. The second kappa shape index (κ2) is 7.60. The Labute approximate surface area is 163 Å². The minimum atomic E-state index is -0.318. The first-order chi connectivity index (χ1) is 13.6. The van der Waals surface area contributed by atoms with Crippen molar-refractivity contribution >= 4 is 17.5 Å². The number of nitrogens with one attached hydrogen (secondary N) is 1. The Morgan fingerprint density at radius 3 is 2.61 bits per heavy atom. The number of pyridine rings is 2. The van der Waals surface area contributed by atoms with Gasteiger partial charge in [0.1, 0.15) is 11.4 Å². The first-order valence-electron chi connectivity index (χ1n) is 9.19. The van der Waals surface area contributed by atoms with Crippen molar-refractivity contribution in [1.29, 1.82) is 0 Å². The molecule has 1 aliphatic heterocycles. The van der Waals surface area contributed by atoms with Gasteiger partial charge in [0.15, 0.2) is 0 Å². The molecule has 0 saturated heterocycles. The molecule has 1 aliphatic rings. The maximum atomic E-state index is 13.1. The Balaban J connectivity index is 1.52. The molecule has 2 aromatic heterocycles. The van der Waals surface area contributed by atoms with E-state index in [4.69, 9.17) is 0 Å². The van der Waals surface area contributed by atoms with Crippen LogP contribution in [0, 0.1) is 0 Å². The van der Waals surface area contributed by atoms with Crippen molar-refractivity contribution < 1.29 is 9.59 Å². The summed E-state index contributed by atoms with van der Waals surface area (Å²) in [6.45, 7) is 2.39. The van der Waals surface area contributed by atoms with Crippen molar-refractivity contribution in [2.45, 2.75) is 25.9 Å². The van der Waals surface area contributed by atoms with E-state index in [-0.39, 0.29) is 29.2 Å². The van der Waals surface area contributed by atoms with Crippen LogP contribution in [0.15, 0.2) is 67.0 Å². The standard InChI is InChI=1S/C22H20N4O2/c1-15-13-17-5-2-3-8-20(17)26(15)22(28)19-7-4-6-18(25-19)21(27)24-14-16-9-11-23-12-10-16/h2-12,15H,13-14H2,1H3,(H,24,27). The molecule has 1 aromatic carbocycles. The van der Waals surface area contributed by atoms with Gasteiger partial charge in [-0.25, -0.2) is 4.98 Å². The monoisotopic (exact) mass is 372 g/mol. The molecule has 4 rings (SSSR count). The van der Waals surface area contributed by atoms with Gasteiger partial charge in [-0.1, -0.05) is 24.3 Å². The molecule has 1 atom stereocenters. The lowest BCUT2D eigenvalue weighted by atomic mass is 10.1. The van der Waals surface area contributed by atoms with Crippen LogP contribution < -0.4 is 10.2 Å². The number of hydrogen-bond acceptors (Lipinski definition) is 4. The lowest BCUT2D eigenvalue weighted by Gasteiger charge is -2.22. The summed E-state index contributed by atoms with van der Waals surface area (Å²) in [5.41, 5.74) is 3.49. The van der Waals surface area contributed by atoms with Crippen LogP contribution >= 0.6 is 0 Å². The molecule has 3 heterocycles. The van der Waals surface area contributed by atoms with E-state index in [1.165, 1.54) is 0 Å². The third kappa shape index (κ3) is 3.49. The van der Waals surface area contributed by atoms with E-state index in [0.29, 0.717) is 6.54 Å². The van der Waals surface area contributed by atoms with Crippen molar-refractivity contribution in [3.63, 3.8) is 0 Å². The number of benzene rings is 1. The summed E-state index contributed by atoms with van der Waals surface area (Å²) in [6, 6.07) is 16.6. The van der Waals surface area contributed by atoms with Gasteiger partial charge in [-0.3, -0.25) is 14.6 Å².